The van der Waals surface area contributed by atoms with Crippen LogP contribution >= 0.6 is 0 Å². The van der Waals surface area contributed by atoms with E-state index in [0.29, 0.717) is 11.3 Å². The summed E-state index contributed by atoms with van der Waals surface area (Å²) in [4.78, 5) is 22.2. The average Bonchev–Trinajstić information content (AvgIpc) is 2.62. The molecular formula is C16H15N3O6. The van der Waals surface area contributed by atoms with Gasteiger partial charge < -0.3 is 14.6 Å². The fourth-order valence-electron chi connectivity index (χ4n) is 1.98. The SMILES string of the molecule is COc1cccc(C(=O)N/N=C/c2cc(OC)c(O)c([N+](=O)[O-])c2)c1. The molecule has 2 rings (SSSR count). The van der Waals surface area contributed by atoms with Crippen molar-refractivity contribution in [1.82, 2.24) is 5.43 Å². The first-order chi connectivity index (χ1) is 12.0. The highest BCUT2D eigenvalue weighted by molar-refractivity contribution is 5.95. The Labute approximate surface area is 142 Å². The van der Waals surface area contributed by atoms with Gasteiger partial charge in [-0.25, -0.2) is 5.43 Å². The smallest absolute Gasteiger partial charge is 0.315 e. The highest BCUT2D eigenvalue weighted by Gasteiger charge is 2.19. The fraction of sp³-hybridized carbons (Fsp3) is 0.125. The second kappa shape index (κ2) is 7.77. The lowest BCUT2D eigenvalue weighted by molar-refractivity contribution is -0.386. The van der Waals surface area contributed by atoms with Gasteiger partial charge >= 0.3 is 5.69 Å². The number of nitro benzene ring substituents is 1. The highest BCUT2D eigenvalue weighted by Crippen LogP contribution is 2.36. The Morgan fingerprint density at radius 1 is 1.28 bits per heavy atom. The zero-order valence-electron chi connectivity index (χ0n) is 13.4. The molecule has 25 heavy (non-hydrogen) atoms. The van der Waals surface area contributed by atoms with E-state index in [0.717, 1.165) is 6.07 Å². The molecular weight excluding hydrogens is 330 g/mol. The average molecular weight is 345 g/mol. The lowest BCUT2D eigenvalue weighted by Gasteiger charge is -2.05. The number of nitro groups is 1. The van der Waals surface area contributed by atoms with Crippen LogP contribution in [0.25, 0.3) is 0 Å². The Kier molecular flexibility index (Phi) is 5.51. The van der Waals surface area contributed by atoms with Crippen LogP contribution in [-0.4, -0.2) is 36.4 Å². The summed E-state index contributed by atoms with van der Waals surface area (Å²) in [6.45, 7) is 0. The number of ether oxygens (including phenoxy) is 2. The van der Waals surface area contributed by atoms with Crippen molar-refractivity contribution < 1.29 is 24.3 Å². The molecule has 130 valence electrons. The Bertz CT molecular complexity index is 835. The first-order valence-electron chi connectivity index (χ1n) is 6.99. The van der Waals surface area contributed by atoms with Gasteiger partial charge in [-0.2, -0.15) is 5.10 Å². The molecule has 0 atom stereocenters. The number of hydrogen-bond acceptors (Lipinski definition) is 7. The van der Waals surface area contributed by atoms with E-state index in [1.807, 2.05) is 0 Å². The van der Waals surface area contributed by atoms with Gasteiger partial charge in [-0.3, -0.25) is 14.9 Å². The second-order valence-electron chi connectivity index (χ2n) is 4.78. The van der Waals surface area contributed by atoms with Crippen molar-refractivity contribution in [2.45, 2.75) is 0 Å². The van der Waals surface area contributed by atoms with Crippen LogP contribution < -0.4 is 14.9 Å². The van der Waals surface area contributed by atoms with Crippen LogP contribution in [0.1, 0.15) is 15.9 Å². The number of rotatable bonds is 6. The second-order valence-corrected chi connectivity index (χ2v) is 4.78. The Hall–Kier alpha value is -3.62. The maximum atomic E-state index is 12.0. The van der Waals surface area contributed by atoms with Gasteiger partial charge in [0.1, 0.15) is 5.75 Å². The van der Waals surface area contributed by atoms with Crippen LogP contribution in [0.4, 0.5) is 5.69 Å². The summed E-state index contributed by atoms with van der Waals surface area (Å²) in [5.74, 6) is -0.606. The van der Waals surface area contributed by atoms with Gasteiger partial charge in [0.05, 0.1) is 25.4 Å². The van der Waals surface area contributed by atoms with Crippen LogP contribution in [0.2, 0.25) is 0 Å². The molecule has 9 heteroatoms. The molecule has 0 bridgehead atoms. The van der Waals surface area contributed by atoms with Gasteiger partial charge in [-0.15, -0.1) is 0 Å². The third-order valence-corrected chi connectivity index (χ3v) is 3.21. The van der Waals surface area contributed by atoms with Crippen molar-refractivity contribution in [1.29, 1.82) is 0 Å². The summed E-state index contributed by atoms with van der Waals surface area (Å²) in [5, 5.41) is 24.4. The minimum Gasteiger partial charge on any atom is -0.500 e. The first kappa shape index (κ1) is 17.7. The number of phenols is 1. The predicted molar refractivity (Wildman–Crippen MR) is 89.4 cm³/mol. The molecule has 0 saturated carbocycles. The quantitative estimate of drug-likeness (QED) is 0.469. The van der Waals surface area contributed by atoms with Gasteiger partial charge in [0.2, 0.25) is 5.75 Å². The number of carbonyl (C=O) groups excluding carboxylic acids is 1. The minimum absolute atomic E-state index is 0.0743. The van der Waals surface area contributed by atoms with Crippen molar-refractivity contribution in [3.8, 4) is 17.2 Å². The molecule has 2 aromatic carbocycles. The molecule has 0 aliphatic carbocycles. The predicted octanol–water partition coefficient (Wildman–Crippen LogP) is 2.08. The summed E-state index contributed by atoms with van der Waals surface area (Å²) in [6, 6.07) is 8.94. The molecule has 0 heterocycles. The third kappa shape index (κ3) is 4.22. The number of aromatic hydroxyl groups is 1. The summed E-state index contributed by atoms with van der Waals surface area (Å²) in [7, 11) is 2.75. The van der Waals surface area contributed by atoms with E-state index in [9.17, 15) is 20.0 Å². The summed E-state index contributed by atoms with van der Waals surface area (Å²) >= 11 is 0. The van der Waals surface area contributed by atoms with Crippen LogP contribution in [0.15, 0.2) is 41.5 Å². The lowest BCUT2D eigenvalue weighted by Crippen LogP contribution is -2.17. The van der Waals surface area contributed by atoms with Crippen molar-refractivity contribution >= 4 is 17.8 Å². The molecule has 2 N–H and O–H groups in total. The normalized spacial score (nSPS) is 10.5. The van der Waals surface area contributed by atoms with E-state index in [1.165, 1.54) is 26.5 Å². The minimum atomic E-state index is -0.746. The lowest BCUT2D eigenvalue weighted by atomic mass is 10.2. The summed E-state index contributed by atoms with van der Waals surface area (Å²) in [6.07, 6.45) is 1.20. The fourth-order valence-corrected chi connectivity index (χ4v) is 1.98. The maximum absolute atomic E-state index is 12.0. The van der Waals surface area contributed by atoms with E-state index in [1.54, 1.807) is 24.3 Å². The number of nitrogens with one attached hydrogen (secondary N) is 1. The molecule has 0 unspecified atom stereocenters. The molecule has 0 spiro atoms. The zero-order valence-corrected chi connectivity index (χ0v) is 13.4. The molecule has 1 amide bonds. The zero-order chi connectivity index (χ0) is 18.4. The molecule has 2 aromatic rings. The molecule has 0 radical (unpaired) electrons. The van der Waals surface area contributed by atoms with Crippen LogP contribution in [0.5, 0.6) is 17.2 Å². The van der Waals surface area contributed by atoms with Gasteiger partial charge in [0, 0.05) is 17.2 Å². The Morgan fingerprint density at radius 3 is 2.68 bits per heavy atom. The van der Waals surface area contributed by atoms with Crippen molar-refractivity contribution in [2.24, 2.45) is 5.10 Å². The van der Waals surface area contributed by atoms with Crippen molar-refractivity contribution in [3.05, 3.63) is 57.6 Å². The standard InChI is InChI=1S/C16H15N3O6/c1-24-12-5-3-4-11(8-12)16(21)18-17-9-10-6-13(19(22)23)15(20)14(7-10)25-2/h3-9,20H,1-2H3,(H,18,21)/b17-9+. The Balaban J connectivity index is 2.17. The van der Waals surface area contributed by atoms with Crippen LogP contribution in [0, 0.1) is 10.1 Å². The number of benzene rings is 2. The number of methoxy groups -OCH3 is 2. The molecule has 0 fully saturated rings. The van der Waals surface area contributed by atoms with Gasteiger partial charge in [0.25, 0.3) is 5.91 Å². The molecule has 0 aliphatic rings. The topological polar surface area (TPSA) is 123 Å². The monoisotopic (exact) mass is 345 g/mol. The highest BCUT2D eigenvalue weighted by atomic mass is 16.6. The van der Waals surface area contributed by atoms with Crippen LogP contribution in [0.3, 0.4) is 0 Å². The molecule has 0 aliphatic heterocycles. The number of carbonyl (C=O) groups is 1. The number of phenolic OH excluding ortho intramolecular Hbond substituents is 1. The van der Waals surface area contributed by atoms with Crippen molar-refractivity contribution in [2.75, 3.05) is 14.2 Å². The maximum Gasteiger partial charge on any atom is 0.315 e. The van der Waals surface area contributed by atoms with E-state index in [-0.39, 0.29) is 11.3 Å². The van der Waals surface area contributed by atoms with Crippen LogP contribution in [-0.2, 0) is 0 Å². The first-order valence-corrected chi connectivity index (χ1v) is 6.99. The van der Waals surface area contributed by atoms with Crippen molar-refractivity contribution in [3.63, 3.8) is 0 Å². The molecule has 9 nitrogen and oxygen atoms in total. The Morgan fingerprint density at radius 2 is 2.04 bits per heavy atom. The van der Waals surface area contributed by atoms with E-state index < -0.39 is 22.3 Å². The largest absolute Gasteiger partial charge is 0.500 e. The van der Waals surface area contributed by atoms with Gasteiger partial charge in [0.15, 0.2) is 5.75 Å². The van der Waals surface area contributed by atoms with Gasteiger partial charge in [-0.1, -0.05) is 6.07 Å². The molecule has 0 aromatic heterocycles. The number of hydrazone groups is 1. The third-order valence-electron chi connectivity index (χ3n) is 3.21. The van der Waals surface area contributed by atoms with Gasteiger partial charge in [-0.05, 0) is 24.3 Å². The number of amides is 1. The van der Waals surface area contributed by atoms with E-state index in [2.05, 4.69) is 10.5 Å². The van der Waals surface area contributed by atoms with E-state index >= 15 is 0 Å². The van der Waals surface area contributed by atoms with E-state index in [4.69, 9.17) is 9.47 Å². The number of nitrogens with zero attached hydrogens (tertiary/aromatic N) is 2. The summed E-state index contributed by atoms with van der Waals surface area (Å²) in [5.41, 5.74) is 2.38. The number of hydrogen-bond donors (Lipinski definition) is 2. The summed E-state index contributed by atoms with van der Waals surface area (Å²) < 4.78 is 9.91. The molecule has 0 saturated heterocycles.